The van der Waals surface area contributed by atoms with Crippen molar-refractivity contribution >= 4 is 23.3 Å². The lowest BCUT2D eigenvalue weighted by Crippen LogP contribution is -2.71. The lowest BCUT2D eigenvalue weighted by atomic mass is 9.72. The minimum Gasteiger partial charge on any atom is -0.394 e. The molecule has 162 valence electrons. The molecule has 3 aromatic carbocycles. The van der Waals surface area contributed by atoms with Crippen molar-refractivity contribution in [1.82, 2.24) is 4.90 Å². The maximum Gasteiger partial charge on any atom is 0.322 e. The first-order valence-corrected chi connectivity index (χ1v) is 10.5. The van der Waals surface area contributed by atoms with Crippen LogP contribution in [0.3, 0.4) is 0 Å². The van der Waals surface area contributed by atoms with Crippen LogP contribution in [0, 0.1) is 5.82 Å². The number of halogens is 1. The molecule has 3 amide bonds. The van der Waals surface area contributed by atoms with Gasteiger partial charge < -0.3 is 20.2 Å². The van der Waals surface area contributed by atoms with Gasteiger partial charge in [0, 0.05) is 23.8 Å². The number of aliphatic hydroxyl groups excluding tert-OH is 1. The lowest BCUT2D eigenvalue weighted by Gasteiger charge is -2.58. The Morgan fingerprint density at radius 1 is 0.969 bits per heavy atom. The molecule has 0 bridgehead atoms. The van der Waals surface area contributed by atoms with Gasteiger partial charge in [0.15, 0.2) is 0 Å². The Morgan fingerprint density at radius 3 is 2.41 bits per heavy atom. The van der Waals surface area contributed by atoms with Crippen LogP contribution in [0.4, 0.5) is 20.6 Å². The van der Waals surface area contributed by atoms with Crippen LogP contribution in [0.1, 0.15) is 21.8 Å². The van der Waals surface area contributed by atoms with Crippen LogP contribution in [0.2, 0.25) is 0 Å². The van der Waals surface area contributed by atoms with E-state index >= 15 is 0 Å². The van der Waals surface area contributed by atoms with Gasteiger partial charge in [-0.1, -0.05) is 48.5 Å². The highest BCUT2D eigenvalue weighted by molar-refractivity contribution is 6.07. The Labute approximate surface area is 184 Å². The third-order valence-corrected chi connectivity index (χ3v) is 6.30. The first-order chi connectivity index (χ1) is 15.6. The van der Waals surface area contributed by atoms with Crippen LogP contribution in [-0.4, -0.2) is 47.2 Å². The molecule has 2 aliphatic rings. The second-order valence-electron chi connectivity index (χ2n) is 8.00. The summed E-state index contributed by atoms with van der Waals surface area (Å²) in [4.78, 5) is 29.5. The predicted octanol–water partition coefficient (Wildman–Crippen LogP) is 3.85. The van der Waals surface area contributed by atoms with Crippen LogP contribution < -0.4 is 10.2 Å². The van der Waals surface area contributed by atoms with Gasteiger partial charge in [0.05, 0.1) is 24.3 Å². The Kier molecular flexibility index (Phi) is 5.11. The number of rotatable bonds is 3. The van der Waals surface area contributed by atoms with E-state index in [1.54, 1.807) is 29.2 Å². The number of benzene rings is 3. The third kappa shape index (κ3) is 3.22. The van der Waals surface area contributed by atoms with Crippen LogP contribution in [0.25, 0.3) is 0 Å². The topological polar surface area (TPSA) is 72.9 Å². The third-order valence-electron chi connectivity index (χ3n) is 6.30. The Hall–Kier alpha value is -3.71. The standard InChI is InChI=1S/C25H22FN3O3/c26-19-12-6-4-10-17(19)24(31)28-14-21-23(18-11-5-7-13-20(18)28)22(15-30)29(21)25(32)27-16-8-2-1-3-9-16/h1-13,21-23,30H,14-15H2,(H,27,32)/t21-,22-,23+/m1/s1. The molecule has 3 atom stereocenters. The van der Waals surface area contributed by atoms with Crippen LogP contribution in [0.15, 0.2) is 78.9 Å². The number of anilines is 2. The molecule has 2 aliphatic heterocycles. The SMILES string of the molecule is O=C(c1ccccc1F)N1C[C@@H]2[C@H](c3ccccc31)[C@@H](CO)N2C(=O)Nc1ccccc1. The van der Waals surface area contributed by atoms with E-state index in [0.29, 0.717) is 11.4 Å². The zero-order valence-corrected chi connectivity index (χ0v) is 17.2. The van der Waals surface area contributed by atoms with Crippen molar-refractivity contribution in [3.63, 3.8) is 0 Å². The van der Waals surface area contributed by atoms with Gasteiger partial charge in [-0.15, -0.1) is 0 Å². The molecule has 32 heavy (non-hydrogen) atoms. The molecule has 7 heteroatoms. The molecule has 6 nitrogen and oxygen atoms in total. The van der Waals surface area contributed by atoms with E-state index in [0.717, 1.165) is 5.56 Å². The van der Waals surface area contributed by atoms with Crippen LogP contribution in [-0.2, 0) is 0 Å². The number of amides is 3. The van der Waals surface area contributed by atoms with Crippen molar-refractivity contribution in [1.29, 1.82) is 0 Å². The number of nitrogens with zero attached hydrogens (tertiary/aromatic N) is 2. The number of aliphatic hydroxyl groups is 1. The highest BCUT2D eigenvalue weighted by atomic mass is 19.1. The van der Waals surface area contributed by atoms with Crippen molar-refractivity contribution in [2.45, 2.75) is 18.0 Å². The summed E-state index contributed by atoms with van der Waals surface area (Å²) in [7, 11) is 0. The maximum atomic E-state index is 14.4. The van der Waals surface area contributed by atoms with E-state index in [4.69, 9.17) is 0 Å². The largest absolute Gasteiger partial charge is 0.394 e. The molecular weight excluding hydrogens is 409 g/mol. The summed E-state index contributed by atoms with van der Waals surface area (Å²) in [5.74, 6) is -1.15. The molecule has 0 aliphatic carbocycles. The molecule has 1 saturated heterocycles. The van der Waals surface area contributed by atoms with E-state index in [1.165, 1.54) is 17.0 Å². The number of para-hydroxylation sites is 2. The molecular formula is C25H22FN3O3. The van der Waals surface area contributed by atoms with Crippen molar-refractivity contribution in [2.24, 2.45) is 0 Å². The fourth-order valence-corrected chi connectivity index (χ4v) is 4.85. The fraction of sp³-hybridized carbons (Fsp3) is 0.200. The monoisotopic (exact) mass is 431 g/mol. The first-order valence-electron chi connectivity index (χ1n) is 10.5. The molecule has 0 unspecified atom stereocenters. The number of carbonyl (C=O) groups is 2. The molecule has 0 aromatic heterocycles. The summed E-state index contributed by atoms with van der Waals surface area (Å²) in [6, 6.07) is 21.3. The maximum absolute atomic E-state index is 14.4. The number of carbonyl (C=O) groups excluding carboxylic acids is 2. The highest BCUT2D eigenvalue weighted by Gasteiger charge is 2.55. The predicted molar refractivity (Wildman–Crippen MR) is 119 cm³/mol. The minimum atomic E-state index is -0.586. The Bertz CT molecular complexity index is 1170. The highest BCUT2D eigenvalue weighted by Crippen LogP contribution is 2.48. The summed E-state index contributed by atoms with van der Waals surface area (Å²) in [5, 5.41) is 12.9. The number of hydrogen-bond donors (Lipinski definition) is 2. The Morgan fingerprint density at radius 2 is 1.66 bits per heavy atom. The van der Waals surface area contributed by atoms with Gasteiger partial charge in [-0.2, -0.15) is 0 Å². The van der Waals surface area contributed by atoms with Gasteiger partial charge in [-0.25, -0.2) is 9.18 Å². The number of likely N-dealkylation sites (tertiary alicyclic amines) is 1. The molecule has 0 spiro atoms. The fourth-order valence-electron chi connectivity index (χ4n) is 4.85. The molecule has 0 radical (unpaired) electrons. The normalized spacial score (nSPS) is 21.2. The van der Waals surface area contributed by atoms with E-state index in [2.05, 4.69) is 5.32 Å². The van der Waals surface area contributed by atoms with Crippen molar-refractivity contribution in [2.75, 3.05) is 23.4 Å². The number of hydrogen-bond acceptors (Lipinski definition) is 3. The average Bonchev–Trinajstić information content (AvgIpc) is 2.80. The van der Waals surface area contributed by atoms with E-state index in [1.807, 2.05) is 42.5 Å². The molecule has 5 rings (SSSR count). The minimum absolute atomic E-state index is 0.0147. The second kappa shape index (κ2) is 8.09. The zero-order chi connectivity index (χ0) is 22.2. The van der Waals surface area contributed by atoms with Crippen molar-refractivity contribution < 1.29 is 19.1 Å². The van der Waals surface area contributed by atoms with E-state index in [9.17, 15) is 19.1 Å². The van der Waals surface area contributed by atoms with Gasteiger partial charge in [0.2, 0.25) is 0 Å². The molecule has 3 aromatic rings. The van der Waals surface area contributed by atoms with Crippen molar-refractivity contribution in [3.8, 4) is 0 Å². The molecule has 0 saturated carbocycles. The van der Waals surface area contributed by atoms with E-state index in [-0.39, 0.29) is 36.7 Å². The number of urea groups is 1. The molecule has 2 heterocycles. The summed E-state index contributed by atoms with van der Waals surface area (Å²) < 4.78 is 14.4. The quantitative estimate of drug-likeness (QED) is 0.662. The van der Waals surface area contributed by atoms with Gasteiger partial charge in [0.25, 0.3) is 5.91 Å². The smallest absolute Gasteiger partial charge is 0.322 e. The summed E-state index contributed by atoms with van der Waals surface area (Å²) >= 11 is 0. The van der Waals surface area contributed by atoms with Gasteiger partial charge in [-0.3, -0.25) is 4.79 Å². The summed E-state index contributed by atoms with van der Waals surface area (Å²) in [6.07, 6.45) is 0. The van der Waals surface area contributed by atoms with Crippen LogP contribution in [0.5, 0.6) is 0 Å². The van der Waals surface area contributed by atoms with Crippen LogP contribution >= 0.6 is 0 Å². The zero-order valence-electron chi connectivity index (χ0n) is 17.2. The van der Waals surface area contributed by atoms with Gasteiger partial charge in [-0.05, 0) is 35.9 Å². The first kappa shape index (κ1) is 20.2. The van der Waals surface area contributed by atoms with Gasteiger partial charge >= 0.3 is 6.03 Å². The van der Waals surface area contributed by atoms with Crippen molar-refractivity contribution in [3.05, 3.63) is 95.8 Å². The van der Waals surface area contributed by atoms with E-state index < -0.39 is 17.8 Å². The number of nitrogens with one attached hydrogen (secondary N) is 1. The summed E-state index contributed by atoms with van der Waals surface area (Å²) in [5.41, 5.74) is 2.19. The summed E-state index contributed by atoms with van der Waals surface area (Å²) in [6.45, 7) is 0.0204. The second-order valence-corrected chi connectivity index (χ2v) is 8.00. The molecule has 2 N–H and O–H groups in total. The average molecular weight is 431 g/mol. The number of fused-ring (bicyclic) bond motifs is 3. The lowest BCUT2D eigenvalue weighted by molar-refractivity contribution is -0.00267. The Balaban J connectivity index is 1.49. The molecule has 1 fully saturated rings. The van der Waals surface area contributed by atoms with Gasteiger partial charge in [0.1, 0.15) is 5.82 Å².